The molecular formula is C7H6IN3. The van der Waals surface area contributed by atoms with Gasteiger partial charge >= 0.3 is 0 Å². The van der Waals surface area contributed by atoms with E-state index in [0.717, 1.165) is 5.82 Å². The van der Waals surface area contributed by atoms with Crippen LogP contribution in [-0.4, -0.2) is 16.5 Å². The molecule has 0 fully saturated rings. The summed E-state index contributed by atoms with van der Waals surface area (Å²) < 4.78 is 2.75. The van der Waals surface area contributed by atoms with Crippen molar-refractivity contribution in [2.45, 2.75) is 0 Å². The zero-order chi connectivity index (χ0) is 7.94. The molecule has 0 aliphatic heterocycles. The van der Waals surface area contributed by atoms with E-state index in [1.807, 2.05) is 22.6 Å². The first kappa shape index (κ1) is 8.27. The van der Waals surface area contributed by atoms with Crippen LogP contribution in [-0.2, 0) is 0 Å². The van der Waals surface area contributed by atoms with Crippen LogP contribution in [0.1, 0.15) is 0 Å². The molecule has 0 spiro atoms. The maximum atomic E-state index is 3.96. The van der Waals surface area contributed by atoms with Crippen LogP contribution in [0.4, 0.5) is 5.82 Å². The molecule has 3 nitrogen and oxygen atoms in total. The van der Waals surface area contributed by atoms with E-state index in [-0.39, 0.29) is 0 Å². The third kappa shape index (κ3) is 3.18. The van der Waals surface area contributed by atoms with Gasteiger partial charge in [-0.2, -0.15) is 0 Å². The van der Waals surface area contributed by atoms with Crippen LogP contribution in [0.5, 0.6) is 0 Å². The number of hydrogen-bond acceptors (Lipinski definition) is 3. The average Bonchev–Trinajstić information content (AvgIpc) is 2.07. The molecular weight excluding hydrogens is 253 g/mol. The van der Waals surface area contributed by atoms with Crippen molar-refractivity contribution in [1.82, 2.24) is 9.97 Å². The number of nitrogens with one attached hydrogen (secondary N) is 1. The molecule has 4 heteroatoms. The smallest absolute Gasteiger partial charge is 0.130 e. The summed E-state index contributed by atoms with van der Waals surface area (Å²) in [6.07, 6.45) is 3.19. The number of aromatic nitrogens is 2. The van der Waals surface area contributed by atoms with Crippen molar-refractivity contribution < 1.29 is 0 Å². The van der Waals surface area contributed by atoms with E-state index in [4.69, 9.17) is 0 Å². The lowest BCUT2D eigenvalue weighted by Gasteiger charge is -1.97. The maximum Gasteiger partial charge on any atom is 0.130 e. The Morgan fingerprint density at radius 2 is 2.55 bits per heavy atom. The van der Waals surface area contributed by atoms with Crippen LogP contribution in [0.15, 0.2) is 18.6 Å². The van der Waals surface area contributed by atoms with E-state index in [0.29, 0.717) is 6.54 Å². The lowest BCUT2D eigenvalue weighted by molar-refractivity contribution is 1.15. The fourth-order valence-corrected chi connectivity index (χ4v) is 0.754. The topological polar surface area (TPSA) is 37.8 Å². The fourth-order valence-electron chi connectivity index (χ4n) is 0.563. The fraction of sp³-hybridized carbons (Fsp3) is 0.143. The Morgan fingerprint density at radius 3 is 3.18 bits per heavy atom. The molecule has 0 unspecified atom stereocenters. The zero-order valence-electron chi connectivity index (χ0n) is 5.71. The Labute approximate surface area is 78.8 Å². The highest BCUT2D eigenvalue weighted by molar-refractivity contribution is 14.1. The molecule has 1 heterocycles. The van der Waals surface area contributed by atoms with Crippen LogP contribution >= 0.6 is 22.6 Å². The van der Waals surface area contributed by atoms with Gasteiger partial charge in [0, 0.05) is 28.8 Å². The second kappa shape index (κ2) is 4.91. The molecule has 0 aliphatic rings. The minimum absolute atomic E-state index is 0.625. The molecule has 0 aliphatic carbocycles. The van der Waals surface area contributed by atoms with Gasteiger partial charge in [-0.25, -0.2) is 9.97 Å². The summed E-state index contributed by atoms with van der Waals surface area (Å²) >= 11 is 2.00. The molecule has 1 rings (SSSR count). The standard InChI is InChI=1S/C7H6IN3/c8-3-1-4-10-7-2-5-9-6-11-7/h2,5-6H,4H2,(H,9,10,11). The minimum atomic E-state index is 0.625. The molecule has 0 bridgehead atoms. The number of nitrogens with zero attached hydrogens (tertiary/aromatic N) is 2. The summed E-state index contributed by atoms with van der Waals surface area (Å²) in [7, 11) is 0. The van der Waals surface area contributed by atoms with E-state index in [9.17, 15) is 0 Å². The number of rotatable bonds is 2. The van der Waals surface area contributed by atoms with Crippen molar-refractivity contribution in [1.29, 1.82) is 0 Å². The van der Waals surface area contributed by atoms with Crippen molar-refractivity contribution in [2.24, 2.45) is 0 Å². The minimum Gasteiger partial charge on any atom is -0.359 e. The molecule has 11 heavy (non-hydrogen) atoms. The van der Waals surface area contributed by atoms with Gasteiger partial charge in [0.05, 0.1) is 6.54 Å². The number of hydrogen-bond donors (Lipinski definition) is 1. The van der Waals surface area contributed by atoms with Crippen molar-refractivity contribution >= 4 is 28.4 Å². The van der Waals surface area contributed by atoms with Gasteiger partial charge in [-0.1, -0.05) is 5.92 Å². The van der Waals surface area contributed by atoms with Crippen LogP contribution in [0.25, 0.3) is 0 Å². The summed E-state index contributed by atoms with van der Waals surface area (Å²) in [6.45, 7) is 0.625. The molecule has 0 atom stereocenters. The lowest BCUT2D eigenvalue weighted by Crippen LogP contribution is -2.00. The molecule has 0 radical (unpaired) electrons. The highest BCUT2D eigenvalue weighted by atomic mass is 127. The van der Waals surface area contributed by atoms with Crippen LogP contribution in [0, 0.1) is 9.85 Å². The monoisotopic (exact) mass is 259 g/mol. The van der Waals surface area contributed by atoms with E-state index in [1.165, 1.54) is 6.33 Å². The quantitative estimate of drug-likeness (QED) is 0.642. The van der Waals surface area contributed by atoms with Crippen molar-refractivity contribution in [3.63, 3.8) is 0 Å². The van der Waals surface area contributed by atoms with Crippen molar-refractivity contribution in [2.75, 3.05) is 11.9 Å². The van der Waals surface area contributed by atoms with Gasteiger partial charge in [-0.05, 0) is 9.99 Å². The van der Waals surface area contributed by atoms with Crippen LogP contribution in [0.3, 0.4) is 0 Å². The molecule has 0 amide bonds. The molecule has 1 aromatic rings. The summed E-state index contributed by atoms with van der Waals surface area (Å²) in [5, 5.41) is 3.02. The average molecular weight is 259 g/mol. The van der Waals surface area contributed by atoms with Crippen molar-refractivity contribution in [3.05, 3.63) is 18.6 Å². The van der Waals surface area contributed by atoms with Gasteiger partial charge in [-0.15, -0.1) is 0 Å². The molecule has 0 saturated heterocycles. The molecule has 0 saturated carbocycles. The third-order valence-electron chi connectivity index (χ3n) is 1.01. The van der Waals surface area contributed by atoms with E-state index in [2.05, 4.69) is 25.1 Å². The van der Waals surface area contributed by atoms with E-state index in [1.54, 1.807) is 12.3 Å². The predicted molar refractivity (Wildman–Crippen MR) is 52.3 cm³/mol. The second-order valence-corrected chi connectivity index (χ2v) is 2.26. The lowest BCUT2D eigenvalue weighted by atomic mass is 10.5. The van der Waals surface area contributed by atoms with Crippen LogP contribution in [0.2, 0.25) is 0 Å². The Morgan fingerprint density at radius 1 is 1.64 bits per heavy atom. The highest BCUT2D eigenvalue weighted by Gasteiger charge is 1.85. The number of anilines is 1. The third-order valence-corrected chi connectivity index (χ3v) is 1.39. The summed E-state index contributed by atoms with van der Waals surface area (Å²) in [5.74, 6) is 3.67. The van der Waals surface area contributed by atoms with E-state index >= 15 is 0 Å². The SMILES string of the molecule is IC#CCNc1ccncn1. The summed E-state index contributed by atoms with van der Waals surface area (Å²) in [4.78, 5) is 7.74. The summed E-state index contributed by atoms with van der Waals surface area (Å²) in [6, 6.07) is 1.80. The predicted octanol–water partition coefficient (Wildman–Crippen LogP) is 1.28. The molecule has 0 aromatic carbocycles. The van der Waals surface area contributed by atoms with Gasteiger partial charge < -0.3 is 5.32 Å². The largest absolute Gasteiger partial charge is 0.359 e. The Bertz CT molecular complexity index is 262. The Hall–Kier alpha value is -0.830. The molecule has 1 aromatic heterocycles. The molecule has 1 N–H and O–H groups in total. The maximum absolute atomic E-state index is 3.96. The van der Waals surface area contributed by atoms with E-state index < -0.39 is 0 Å². The van der Waals surface area contributed by atoms with Gasteiger partial charge in [-0.3, -0.25) is 0 Å². The van der Waals surface area contributed by atoms with Crippen molar-refractivity contribution in [3.8, 4) is 9.85 Å². The zero-order valence-corrected chi connectivity index (χ0v) is 7.87. The molecule has 56 valence electrons. The van der Waals surface area contributed by atoms with Gasteiger partial charge in [0.25, 0.3) is 0 Å². The van der Waals surface area contributed by atoms with Gasteiger partial charge in [0.15, 0.2) is 0 Å². The highest BCUT2D eigenvalue weighted by Crippen LogP contribution is 1.95. The van der Waals surface area contributed by atoms with Gasteiger partial charge in [0.1, 0.15) is 12.1 Å². The normalized spacial score (nSPS) is 8.09. The number of halogens is 1. The Balaban J connectivity index is 2.43. The first-order chi connectivity index (χ1) is 5.43. The first-order valence-electron chi connectivity index (χ1n) is 3.02. The first-order valence-corrected chi connectivity index (χ1v) is 4.10. The second-order valence-electron chi connectivity index (χ2n) is 1.72. The van der Waals surface area contributed by atoms with Gasteiger partial charge in [0.2, 0.25) is 0 Å². The Kier molecular flexibility index (Phi) is 3.69. The summed E-state index contributed by atoms with van der Waals surface area (Å²) in [5.41, 5.74) is 0. The van der Waals surface area contributed by atoms with Crippen LogP contribution < -0.4 is 5.32 Å².